The van der Waals surface area contributed by atoms with Crippen molar-refractivity contribution in [3.8, 4) is 0 Å². The number of benzene rings is 2. The summed E-state index contributed by atoms with van der Waals surface area (Å²) in [4.78, 5) is 13.3. The molecular weight excluding hydrogens is 330 g/mol. The van der Waals surface area contributed by atoms with Crippen LogP contribution in [0.4, 0.5) is 5.69 Å². The molecule has 6 rings (SSSR count). The van der Waals surface area contributed by atoms with Crippen molar-refractivity contribution in [3.63, 3.8) is 0 Å². The lowest BCUT2D eigenvalue weighted by atomic mass is 9.51. The zero-order chi connectivity index (χ0) is 18.5. The summed E-state index contributed by atoms with van der Waals surface area (Å²) in [5.74, 6) is 1.87. The monoisotopic (exact) mass is 355 g/mol. The number of amides is 1. The Hall–Kier alpha value is -2.61. The van der Waals surface area contributed by atoms with Crippen molar-refractivity contribution in [1.29, 1.82) is 0 Å². The predicted octanol–water partition coefficient (Wildman–Crippen LogP) is 5.50. The first kappa shape index (κ1) is 16.6. The lowest BCUT2D eigenvalue weighted by molar-refractivity contribution is -0.122. The number of rotatable bonds is 2. The standard InChI is InChI=1S/C25H25NO/c1-15-11-12-23(16(2)13-15)26-25(27)22-14-21-17-7-3-5-9-19(17)24(22)20-10-6-4-8-18(20)21/h3-13,17,19,21-22,24H,14H2,1-2H3,(H,26,27). The third-order valence-electron chi connectivity index (χ3n) is 6.77. The number of carbonyl (C=O) groups excluding carboxylic acids is 1. The summed E-state index contributed by atoms with van der Waals surface area (Å²) in [5, 5.41) is 3.24. The van der Waals surface area contributed by atoms with Gasteiger partial charge in [-0.3, -0.25) is 4.79 Å². The fourth-order valence-electron chi connectivity index (χ4n) is 5.61. The lowest BCUT2D eigenvalue weighted by Gasteiger charge is -2.52. The Morgan fingerprint density at radius 2 is 1.70 bits per heavy atom. The molecule has 5 unspecified atom stereocenters. The minimum Gasteiger partial charge on any atom is -0.326 e. The summed E-state index contributed by atoms with van der Waals surface area (Å²) in [6, 6.07) is 15.0. The number of hydrogen-bond donors (Lipinski definition) is 1. The highest BCUT2D eigenvalue weighted by atomic mass is 16.1. The second kappa shape index (κ2) is 6.23. The highest BCUT2D eigenvalue weighted by molar-refractivity contribution is 5.94. The second-order valence-corrected chi connectivity index (χ2v) is 8.34. The lowest BCUT2D eigenvalue weighted by Crippen LogP contribution is -2.46. The molecule has 0 aliphatic heterocycles. The zero-order valence-electron chi connectivity index (χ0n) is 15.9. The van der Waals surface area contributed by atoms with Crippen LogP contribution in [0.1, 0.15) is 40.5 Å². The maximum atomic E-state index is 13.3. The van der Waals surface area contributed by atoms with Gasteiger partial charge in [-0.05, 0) is 60.8 Å². The van der Waals surface area contributed by atoms with E-state index in [-0.39, 0.29) is 17.7 Å². The van der Waals surface area contributed by atoms with E-state index >= 15 is 0 Å². The zero-order valence-corrected chi connectivity index (χ0v) is 15.9. The molecule has 4 aliphatic carbocycles. The van der Waals surface area contributed by atoms with Crippen molar-refractivity contribution in [3.05, 3.63) is 89.0 Å². The maximum Gasteiger partial charge on any atom is 0.228 e. The molecule has 0 radical (unpaired) electrons. The molecule has 5 atom stereocenters. The Morgan fingerprint density at radius 1 is 0.963 bits per heavy atom. The van der Waals surface area contributed by atoms with Crippen LogP contribution in [0.15, 0.2) is 66.8 Å². The Morgan fingerprint density at radius 3 is 2.48 bits per heavy atom. The van der Waals surface area contributed by atoms with E-state index < -0.39 is 0 Å². The van der Waals surface area contributed by atoms with E-state index in [1.807, 2.05) is 6.07 Å². The van der Waals surface area contributed by atoms with Gasteiger partial charge in [0.2, 0.25) is 5.91 Å². The largest absolute Gasteiger partial charge is 0.326 e. The molecule has 27 heavy (non-hydrogen) atoms. The number of aryl methyl sites for hydroxylation is 2. The van der Waals surface area contributed by atoms with Crippen LogP contribution in [0.2, 0.25) is 0 Å². The summed E-state index contributed by atoms with van der Waals surface area (Å²) in [5.41, 5.74) is 6.13. The minimum atomic E-state index is 0.0306. The molecule has 0 heterocycles. The van der Waals surface area contributed by atoms with Gasteiger partial charge in [0, 0.05) is 17.5 Å². The summed E-state index contributed by atoms with van der Waals surface area (Å²) in [7, 11) is 0. The smallest absolute Gasteiger partial charge is 0.228 e. The quantitative estimate of drug-likeness (QED) is 0.757. The first-order chi connectivity index (χ1) is 13.1. The van der Waals surface area contributed by atoms with Crippen molar-refractivity contribution < 1.29 is 4.79 Å². The molecule has 2 bridgehead atoms. The number of nitrogens with one attached hydrogen (secondary N) is 1. The maximum absolute atomic E-state index is 13.3. The molecule has 2 nitrogen and oxygen atoms in total. The summed E-state index contributed by atoms with van der Waals surface area (Å²) < 4.78 is 0. The first-order valence-electron chi connectivity index (χ1n) is 9.95. The fraction of sp³-hybridized carbons (Fsp3) is 0.320. The van der Waals surface area contributed by atoms with Crippen LogP contribution in [0.5, 0.6) is 0 Å². The van der Waals surface area contributed by atoms with Gasteiger partial charge < -0.3 is 5.32 Å². The molecule has 0 saturated heterocycles. The molecule has 1 amide bonds. The van der Waals surface area contributed by atoms with Crippen LogP contribution in [0.25, 0.3) is 0 Å². The molecular formula is C25H25NO. The van der Waals surface area contributed by atoms with E-state index in [1.165, 1.54) is 16.7 Å². The van der Waals surface area contributed by atoms with Crippen LogP contribution in [0.3, 0.4) is 0 Å². The molecule has 4 aliphatic rings. The molecule has 0 spiro atoms. The Balaban J connectivity index is 1.50. The number of hydrogen-bond acceptors (Lipinski definition) is 1. The summed E-state index contributed by atoms with van der Waals surface area (Å²) in [6.07, 6.45) is 9.96. The van der Waals surface area contributed by atoms with Crippen molar-refractivity contribution >= 4 is 11.6 Å². The molecule has 1 fully saturated rings. The van der Waals surface area contributed by atoms with Crippen LogP contribution in [-0.4, -0.2) is 5.91 Å². The fourth-order valence-corrected chi connectivity index (χ4v) is 5.61. The third kappa shape index (κ3) is 2.58. The molecule has 2 aromatic carbocycles. The second-order valence-electron chi connectivity index (χ2n) is 8.34. The van der Waals surface area contributed by atoms with Crippen molar-refractivity contribution in [1.82, 2.24) is 0 Å². The average Bonchev–Trinajstić information content (AvgIpc) is 2.70. The molecule has 1 saturated carbocycles. The van der Waals surface area contributed by atoms with Crippen molar-refractivity contribution in [2.45, 2.75) is 32.1 Å². The number of fused-ring (bicyclic) bond motifs is 1. The van der Waals surface area contributed by atoms with E-state index in [4.69, 9.17) is 0 Å². The normalized spacial score (nSPS) is 29.9. The van der Waals surface area contributed by atoms with Crippen molar-refractivity contribution in [2.24, 2.45) is 17.8 Å². The topological polar surface area (TPSA) is 29.1 Å². The molecule has 2 aromatic rings. The van der Waals surface area contributed by atoms with E-state index in [2.05, 4.69) is 79.9 Å². The SMILES string of the molecule is Cc1ccc(NC(=O)C2CC3c4ccccc4C2C2C=CC=CC32)c(C)c1. The van der Waals surface area contributed by atoms with Crippen LogP contribution in [0, 0.1) is 31.6 Å². The van der Waals surface area contributed by atoms with E-state index in [0.717, 1.165) is 17.7 Å². The van der Waals surface area contributed by atoms with Gasteiger partial charge in [0.25, 0.3) is 0 Å². The highest BCUT2D eigenvalue weighted by Crippen LogP contribution is 2.59. The van der Waals surface area contributed by atoms with Gasteiger partial charge in [0.1, 0.15) is 0 Å². The van der Waals surface area contributed by atoms with Crippen molar-refractivity contribution in [2.75, 3.05) is 5.32 Å². The van der Waals surface area contributed by atoms with Crippen LogP contribution >= 0.6 is 0 Å². The molecule has 2 heteroatoms. The number of allylic oxidation sites excluding steroid dienone is 4. The third-order valence-corrected chi connectivity index (χ3v) is 6.77. The van der Waals surface area contributed by atoms with Gasteiger partial charge in [-0.25, -0.2) is 0 Å². The Bertz CT molecular complexity index is 970. The molecule has 136 valence electrons. The van der Waals surface area contributed by atoms with Crippen LogP contribution < -0.4 is 5.32 Å². The summed E-state index contributed by atoms with van der Waals surface area (Å²) >= 11 is 0. The van der Waals surface area contributed by atoms with Crippen LogP contribution in [-0.2, 0) is 4.79 Å². The predicted molar refractivity (Wildman–Crippen MR) is 110 cm³/mol. The van der Waals surface area contributed by atoms with Gasteiger partial charge in [-0.2, -0.15) is 0 Å². The van der Waals surface area contributed by atoms with E-state index in [0.29, 0.717) is 17.8 Å². The van der Waals surface area contributed by atoms with E-state index in [1.54, 1.807) is 0 Å². The van der Waals surface area contributed by atoms with Gasteiger partial charge in [0.05, 0.1) is 0 Å². The highest BCUT2D eigenvalue weighted by Gasteiger charge is 2.51. The molecule has 1 N–H and O–H groups in total. The average molecular weight is 355 g/mol. The summed E-state index contributed by atoms with van der Waals surface area (Å²) in [6.45, 7) is 4.15. The Labute approximate surface area is 161 Å². The number of anilines is 1. The first-order valence-corrected chi connectivity index (χ1v) is 9.95. The minimum absolute atomic E-state index is 0.0306. The van der Waals surface area contributed by atoms with Gasteiger partial charge >= 0.3 is 0 Å². The van der Waals surface area contributed by atoms with Gasteiger partial charge in [-0.1, -0.05) is 66.3 Å². The van der Waals surface area contributed by atoms with Gasteiger partial charge in [0.15, 0.2) is 0 Å². The van der Waals surface area contributed by atoms with Gasteiger partial charge in [-0.15, -0.1) is 0 Å². The molecule has 0 aromatic heterocycles. The van der Waals surface area contributed by atoms with E-state index in [9.17, 15) is 4.79 Å². The number of carbonyl (C=O) groups is 1. The Kier molecular flexibility index (Phi) is 3.82.